The quantitative estimate of drug-likeness (QED) is 0.754. The van der Waals surface area contributed by atoms with Gasteiger partial charge < -0.3 is 15.5 Å². The Bertz CT molecular complexity index is 642. The third-order valence-electron chi connectivity index (χ3n) is 2.79. The summed E-state index contributed by atoms with van der Waals surface area (Å²) >= 11 is 0. The minimum absolute atomic E-state index is 0.0397. The number of halogens is 1. The van der Waals surface area contributed by atoms with Crippen LogP contribution in [0.4, 0.5) is 10.1 Å². The maximum absolute atomic E-state index is 13.9. The van der Waals surface area contributed by atoms with Crippen LogP contribution in [0.15, 0.2) is 47.4 Å². The molecule has 1 atom stereocenters. The molecule has 0 spiro atoms. The predicted octanol–water partition coefficient (Wildman–Crippen LogP) is 0.742. The highest BCUT2D eigenvalue weighted by atomic mass is 19.1. The molecule has 1 aromatic carbocycles. The van der Waals surface area contributed by atoms with Gasteiger partial charge in [-0.25, -0.2) is 4.39 Å². The molecular weight excluding hydrogens is 263 g/mol. The summed E-state index contributed by atoms with van der Waals surface area (Å²) in [7, 11) is 0. The van der Waals surface area contributed by atoms with Crippen LogP contribution in [0.2, 0.25) is 0 Å². The van der Waals surface area contributed by atoms with Gasteiger partial charge in [0.1, 0.15) is 5.82 Å². The van der Waals surface area contributed by atoms with E-state index in [-0.39, 0.29) is 17.8 Å². The van der Waals surface area contributed by atoms with Crippen molar-refractivity contribution in [3.8, 4) is 5.69 Å². The molecular formula is C14H15FN2O3. The van der Waals surface area contributed by atoms with Gasteiger partial charge in [0.15, 0.2) is 0 Å². The maximum Gasteiger partial charge on any atom is 0.255 e. The zero-order valence-electron chi connectivity index (χ0n) is 10.7. The third-order valence-corrected chi connectivity index (χ3v) is 2.79. The highest BCUT2D eigenvalue weighted by molar-refractivity contribution is 5.50. The van der Waals surface area contributed by atoms with Crippen molar-refractivity contribution in [2.45, 2.75) is 6.10 Å². The first-order valence-electron chi connectivity index (χ1n) is 6.12. The smallest absolute Gasteiger partial charge is 0.255 e. The molecule has 0 aliphatic rings. The molecule has 0 saturated carbocycles. The number of aliphatic hydroxyl groups excluding tert-OH is 2. The molecule has 0 amide bonds. The van der Waals surface area contributed by atoms with E-state index in [0.29, 0.717) is 5.69 Å². The molecule has 0 bridgehead atoms. The van der Waals surface area contributed by atoms with Crippen molar-refractivity contribution < 1.29 is 14.6 Å². The highest BCUT2D eigenvalue weighted by Gasteiger charge is 2.07. The molecule has 1 aromatic heterocycles. The zero-order chi connectivity index (χ0) is 14.5. The van der Waals surface area contributed by atoms with E-state index in [9.17, 15) is 14.3 Å². The summed E-state index contributed by atoms with van der Waals surface area (Å²) < 4.78 is 15.2. The van der Waals surface area contributed by atoms with Crippen LogP contribution < -0.4 is 10.9 Å². The van der Waals surface area contributed by atoms with Crippen LogP contribution in [0.25, 0.3) is 5.69 Å². The molecule has 1 heterocycles. The second-order valence-corrected chi connectivity index (χ2v) is 4.29. The van der Waals surface area contributed by atoms with Gasteiger partial charge >= 0.3 is 0 Å². The Morgan fingerprint density at radius 3 is 2.75 bits per heavy atom. The number of hydrogen-bond acceptors (Lipinski definition) is 4. The van der Waals surface area contributed by atoms with E-state index < -0.39 is 18.5 Å². The molecule has 3 N–H and O–H groups in total. The lowest BCUT2D eigenvalue weighted by Gasteiger charge is -2.12. The summed E-state index contributed by atoms with van der Waals surface area (Å²) in [5.41, 5.74) is 0.370. The van der Waals surface area contributed by atoms with Gasteiger partial charge in [0, 0.05) is 24.9 Å². The van der Waals surface area contributed by atoms with Crippen molar-refractivity contribution in [2.75, 3.05) is 18.5 Å². The van der Waals surface area contributed by atoms with E-state index in [2.05, 4.69) is 5.32 Å². The van der Waals surface area contributed by atoms with E-state index >= 15 is 0 Å². The Balaban J connectivity index is 2.22. The second-order valence-electron chi connectivity index (χ2n) is 4.29. The Labute approximate surface area is 114 Å². The van der Waals surface area contributed by atoms with E-state index in [4.69, 9.17) is 5.11 Å². The normalized spacial score (nSPS) is 12.2. The molecule has 20 heavy (non-hydrogen) atoms. The Morgan fingerprint density at radius 2 is 2.10 bits per heavy atom. The summed E-state index contributed by atoms with van der Waals surface area (Å²) in [6, 6.07) is 8.99. The van der Waals surface area contributed by atoms with Crippen LogP contribution in [-0.2, 0) is 0 Å². The molecule has 106 valence electrons. The maximum atomic E-state index is 13.9. The van der Waals surface area contributed by atoms with Gasteiger partial charge in [0.2, 0.25) is 0 Å². The molecule has 0 radical (unpaired) electrons. The molecule has 0 aliphatic heterocycles. The first kappa shape index (κ1) is 14.2. The molecule has 2 rings (SSSR count). The van der Waals surface area contributed by atoms with E-state index in [0.717, 1.165) is 0 Å². The fraction of sp³-hybridized carbons (Fsp3) is 0.214. The molecule has 0 fully saturated rings. The number of nitrogens with one attached hydrogen (secondary N) is 1. The topological polar surface area (TPSA) is 74.5 Å². The van der Waals surface area contributed by atoms with Gasteiger partial charge in [-0.3, -0.25) is 9.36 Å². The predicted molar refractivity (Wildman–Crippen MR) is 73.6 cm³/mol. The summed E-state index contributed by atoms with van der Waals surface area (Å²) in [4.78, 5) is 11.6. The highest BCUT2D eigenvalue weighted by Crippen LogP contribution is 2.17. The summed E-state index contributed by atoms with van der Waals surface area (Å²) in [6.07, 6.45) is 0.602. The molecule has 5 nitrogen and oxygen atoms in total. The van der Waals surface area contributed by atoms with Gasteiger partial charge in [0.05, 0.1) is 24.1 Å². The number of aromatic nitrogens is 1. The fourth-order valence-corrected chi connectivity index (χ4v) is 1.73. The molecule has 6 heteroatoms. The average Bonchev–Trinajstić information content (AvgIpc) is 2.46. The van der Waals surface area contributed by atoms with Gasteiger partial charge in [0.25, 0.3) is 5.56 Å². The van der Waals surface area contributed by atoms with Gasteiger partial charge in [-0.15, -0.1) is 0 Å². The summed E-state index contributed by atoms with van der Waals surface area (Å²) in [5, 5.41) is 20.6. The number of rotatable bonds is 5. The van der Waals surface area contributed by atoms with Crippen molar-refractivity contribution >= 4 is 5.69 Å². The van der Waals surface area contributed by atoms with Gasteiger partial charge in [-0.1, -0.05) is 6.07 Å². The Morgan fingerprint density at radius 1 is 1.30 bits per heavy atom. The van der Waals surface area contributed by atoms with Crippen molar-refractivity contribution in [1.82, 2.24) is 4.57 Å². The lowest BCUT2D eigenvalue weighted by Crippen LogP contribution is -2.23. The minimum atomic E-state index is -0.953. The van der Waals surface area contributed by atoms with Crippen LogP contribution in [-0.4, -0.2) is 34.0 Å². The number of aliphatic hydroxyl groups is 2. The second kappa shape index (κ2) is 6.31. The molecule has 1 unspecified atom stereocenters. The van der Waals surface area contributed by atoms with Crippen molar-refractivity contribution in [3.05, 3.63) is 58.8 Å². The average molecular weight is 278 g/mol. The van der Waals surface area contributed by atoms with E-state index in [1.807, 2.05) is 0 Å². The van der Waals surface area contributed by atoms with Crippen molar-refractivity contribution in [1.29, 1.82) is 0 Å². The van der Waals surface area contributed by atoms with E-state index in [1.54, 1.807) is 24.4 Å². The minimum Gasteiger partial charge on any atom is -0.394 e. The first-order valence-corrected chi connectivity index (χ1v) is 6.12. The van der Waals surface area contributed by atoms with E-state index in [1.165, 1.54) is 22.8 Å². The number of hydrogen-bond donors (Lipinski definition) is 3. The first-order chi connectivity index (χ1) is 9.61. The number of pyridine rings is 1. The third kappa shape index (κ3) is 3.23. The standard InChI is InChI=1S/C14H15FN2O3/c15-12-7-10(17-6-2-1-3-14(17)20)4-5-13(12)16-8-11(19)9-18/h1-7,11,16,18-19H,8-9H2. The lowest BCUT2D eigenvalue weighted by molar-refractivity contribution is 0.105. The Kier molecular flexibility index (Phi) is 4.49. The van der Waals surface area contributed by atoms with Crippen LogP contribution in [0.1, 0.15) is 0 Å². The van der Waals surface area contributed by atoms with Crippen molar-refractivity contribution in [3.63, 3.8) is 0 Å². The van der Waals surface area contributed by atoms with Crippen LogP contribution >= 0.6 is 0 Å². The molecule has 0 saturated heterocycles. The van der Waals surface area contributed by atoms with Gasteiger partial charge in [-0.2, -0.15) is 0 Å². The molecule has 2 aromatic rings. The monoisotopic (exact) mass is 278 g/mol. The largest absolute Gasteiger partial charge is 0.394 e. The molecule has 0 aliphatic carbocycles. The van der Waals surface area contributed by atoms with Gasteiger partial charge in [-0.05, 0) is 18.2 Å². The van der Waals surface area contributed by atoms with Crippen molar-refractivity contribution in [2.24, 2.45) is 0 Å². The number of benzene rings is 1. The SMILES string of the molecule is O=c1ccccn1-c1ccc(NCC(O)CO)c(F)c1. The number of anilines is 1. The van der Waals surface area contributed by atoms with Crippen LogP contribution in [0.3, 0.4) is 0 Å². The summed E-state index contributed by atoms with van der Waals surface area (Å²) in [5.74, 6) is -0.539. The lowest BCUT2D eigenvalue weighted by atomic mass is 10.2. The zero-order valence-corrected chi connectivity index (χ0v) is 10.7. The van der Waals surface area contributed by atoms with Crippen LogP contribution in [0.5, 0.6) is 0 Å². The summed E-state index contributed by atoms with van der Waals surface area (Å²) in [6.45, 7) is -0.357. The number of nitrogens with zero attached hydrogens (tertiary/aromatic N) is 1. The fourth-order valence-electron chi connectivity index (χ4n) is 1.73. The Hall–Kier alpha value is -2.18. The van der Waals surface area contributed by atoms with Crippen LogP contribution in [0, 0.1) is 5.82 Å².